The lowest BCUT2D eigenvalue weighted by molar-refractivity contribution is 0.103. The van der Waals surface area contributed by atoms with Crippen LogP contribution in [0.4, 0.5) is 0 Å². The minimum Gasteiger partial charge on any atom is -0.497 e. The maximum absolute atomic E-state index is 12.5. The van der Waals surface area contributed by atoms with E-state index in [1.807, 2.05) is 0 Å². The molecule has 0 saturated carbocycles. The highest BCUT2D eigenvalue weighted by atomic mass is 79.9. The van der Waals surface area contributed by atoms with Crippen molar-refractivity contribution < 1.29 is 14.3 Å². The number of ether oxygens (including phenoxy) is 2. The summed E-state index contributed by atoms with van der Waals surface area (Å²) in [5.74, 6) is 0.910. The highest BCUT2D eigenvalue weighted by molar-refractivity contribution is 9.10. The van der Waals surface area contributed by atoms with Crippen molar-refractivity contribution in [1.29, 1.82) is 0 Å². The second-order valence-corrected chi connectivity index (χ2v) is 5.34. The van der Waals surface area contributed by atoms with Gasteiger partial charge in [0.1, 0.15) is 11.5 Å². The van der Waals surface area contributed by atoms with Gasteiger partial charge in [0.2, 0.25) is 0 Å². The fourth-order valence-electron chi connectivity index (χ4n) is 1.80. The molecule has 104 valence electrons. The monoisotopic (exact) mass is 354 g/mol. The molecule has 0 aliphatic heterocycles. The van der Waals surface area contributed by atoms with Crippen molar-refractivity contribution in [3.63, 3.8) is 0 Å². The molecule has 0 saturated heterocycles. The fraction of sp³-hybridized carbons (Fsp3) is 0.133. The van der Waals surface area contributed by atoms with Crippen molar-refractivity contribution in [2.45, 2.75) is 0 Å². The normalized spacial score (nSPS) is 10.2. The molecule has 0 amide bonds. The number of rotatable bonds is 4. The first kappa shape index (κ1) is 14.9. The molecule has 2 aromatic carbocycles. The first-order chi connectivity index (χ1) is 9.56. The number of hydrogen-bond acceptors (Lipinski definition) is 3. The summed E-state index contributed by atoms with van der Waals surface area (Å²) < 4.78 is 11.1. The van der Waals surface area contributed by atoms with Gasteiger partial charge in [-0.1, -0.05) is 27.5 Å². The molecule has 0 N–H and O–H groups in total. The van der Waals surface area contributed by atoms with Crippen molar-refractivity contribution in [2.75, 3.05) is 14.2 Å². The highest BCUT2D eigenvalue weighted by Gasteiger charge is 2.17. The van der Waals surface area contributed by atoms with Crippen LogP contribution in [0.25, 0.3) is 0 Å². The van der Waals surface area contributed by atoms with Gasteiger partial charge in [-0.25, -0.2) is 0 Å². The Bertz CT molecular complexity index is 656. The standard InChI is InChI=1S/C15H12BrClO3/c1-19-10-4-6-11(13(17)8-10)15(18)12-5-3-9(16)7-14(12)20-2/h3-8H,1-2H3. The lowest BCUT2D eigenvalue weighted by Crippen LogP contribution is -2.05. The molecule has 20 heavy (non-hydrogen) atoms. The smallest absolute Gasteiger partial charge is 0.198 e. The Morgan fingerprint density at radius 2 is 1.75 bits per heavy atom. The second kappa shape index (κ2) is 6.29. The largest absolute Gasteiger partial charge is 0.497 e. The van der Waals surface area contributed by atoms with Gasteiger partial charge in [-0.05, 0) is 36.4 Å². The van der Waals surface area contributed by atoms with Crippen LogP contribution in [-0.2, 0) is 0 Å². The third-order valence-electron chi connectivity index (χ3n) is 2.83. The molecule has 3 nitrogen and oxygen atoms in total. The molecule has 0 radical (unpaired) electrons. The summed E-state index contributed by atoms with van der Waals surface area (Å²) in [6.45, 7) is 0. The Labute approximate surface area is 130 Å². The van der Waals surface area contributed by atoms with Crippen molar-refractivity contribution in [3.05, 3.63) is 57.0 Å². The Morgan fingerprint density at radius 1 is 1.05 bits per heavy atom. The molecule has 0 unspecified atom stereocenters. The van der Waals surface area contributed by atoms with E-state index >= 15 is 0 Å². The van der Waals surface area contributed by atoms with Crippen molar-refractivity contribution >= 4 is 33.3 Å². The number of methoxy groups -OCH3 is 2. The van der Waals surface area contributed by atoms with Gasteiger partial charge in [-0.2, -0.15) is 0 Å². The summed E-state index contributed by atoms with van der Waals surface area (Å²) in [5, 5.41) is 0.347. The minimum atomic E-state index is -0.193. The van der Waals surface area contributed by atoms with E-state index in [1.54, 1.807) is 43.5 Å². The van der Waals surface area contributed by atoms with Gasteiger partial charge in [-0.3, -0.25) is 4.79 Å². The van der Waals surface area contributed by atoms with Crippen LogP contribution in [0, 0.1) is 0 Å². The molecule has 0 fully saturated rings. The lowest BCUT2D eigenvalue weighted by Gasteiger charge is -2.10. The summed E-state index contributed by atoms with van der Waals surface area (Å²) in [6, 6.07) is 10.2. The third kappa shape index (κ3) is 2.97. The van der Waals surface area contributed by atoms with Crippen molar-refractivity contribution in [3.8, 4) is 11.5 Å². The molecule has 0 aliphatic rings. The Balaban J connectivity index is 2.46. The predicted molar refractivity (Wildman–Crippen MR) is 82.1 cm³/mol. The topological polar surface area (TPSA) is 35.5 Å². The fourth-order valence-corrected chi connectivity index (χ4v) is 2.40. The lowest BCUT2D eigenvalue weighted by atomic mass is 10.0. The van der Waals surface area contributed by atoms with Gasteiger partial charge in [0, 0.05) is 10.0 Å². The SMILES string of the molecule is COc1ccc(C(=O)c2ccc(Br)cc2OC)c(Cl)c1. The van der Waals surface area contributed by atoms with Crippen LogP contribution < -0.4 is 9.47 Å². The Kier molecular flexibility index (Phi) is 4.68. The molecular weight excluding hydrogens is 344 g/mol. The number of hydrogen-bond donors (Lipinski definition) is 0. The van der Waals surface area contributed by atoms with Gasteiger partial charge in [0.05, 0.1) is 24.8 Å². The van der Waals surface area contributed by atoms with E-state index in [0.29, 0.717) is 27.6 Å². The number of carbonyl (C=O) groups is 1. The number of benzene rings is 2. The zero-order chi connectivity index (χ0) is 14.7. The van der Waals surface area contributed by atoms with Gasteiger partial charge in [0.15, 0.2) is 5.78 Å². The van der Waals surface area contributed by atoms with Crippen LogP contribution in [0.1, 0.15) is 15.9 Å². The quantitative estimate of drug-likeness (QED) is 0.765. The van der Waals surface area contributed by atoms with Crippen LogP contribution >= 0.6 is 27.5 Å². The van der Waals surface area contributed by atoms with E-state index in [2.05, 4.69) is 15.9 Å². The van der Waals surface area contributed by atoms with Gasteiger partial charge in [-0.15, -0.1) is 0 Å². The summed E-state index contributed by atoms with van der Waals surface area (Å²) in [5.41, 5.74) is 0.871. The number of ketones is 1. The molecule has 2 aromatic rings. The zero-order valence-corrected chi connectivity index (χ0v) is 13.3. The molecule has 0 spiro atoms. The van der Waals surface area contributed by atoms with E-state index in [4.69, 9.17) is 21.1 Å². The molecule has 2 rings (SSSR count). The molecule has 0 aromatic heterocycles. The van der Waals surface area contributed by atoms with E-state index < -0.39 is 0 Å². The predicted octanol–water partition coefficient (Wildman–Crippen LogP) is 4.35. The van der Waals surface area contributed by atoms with E-state index in [9.17, 15) is 4.79 Å². The van der Waals surface area contributed by atoms with Crippen LogP contribution in [0.5, 0.6) is 11.5 Å². The second-order valence-electron chi connectivity index (χ2n) is 4.02. The van der Waals surface area contributed by atoms with Crippen LogP contribution in [0.3, 0.4) is 0 Å². The first-order valence-corrected chi connectivity index (χ1v) is 6.95. The summed E-state index contributed by atoms with van der Waals surface area (Å²) >= 11 is 9.47. The molecule has 0 heterocycles. The Morgan fingerprint density at radius 3 is 2.35 bits per heavy atom. The van der Waals surface area contributed by atoms with Crippen molar-refractivity contribution in [2.24, 2.45) is 0 Å². The molecule has 0 atom stereocenters. The summed E-state index contributed by atoms with van der Waals surface area (Å²) in [6.07, 6.45) is 0. The van der Waals surface area contributed by atoms with Crippen LogP contribution in [0.15, 0.2) is 40.9 Å². The average molecular weight is 356 g/mol. The van der Waals surface area contributed by atoms with Crippen LogP contribution in [0.2, 0.25) is 5.02 Å². The maximum Gasteiger partial charge on any atom is 0.198 e. The van der Waals surface area contributed by atoms with E-state index in [1.165, 1.54) is 7.11 Å². The van der Waals surface area contributed by atoms with Gasteiger partial charge in [0.25, 0.3) is 0 Å². The van der Waals surface area contributed by atoms with Gasteiger partial charge < -0.3 is 9.47 Å². The molecular formula is C15H12BrClO3. The Hall–Kier alpha value is -1.52. The first-order valence-electron chi connectivity index (χ1n) is 5.78. The third-order valence-corrected chi connectivity index (χ3v) is 3.64. The maximum atomic E-state index is 12.5. The minimum absolute atomic E-state index is 0.193. The average Bonchev–Trinajstić information content (AvgIpc) is 2.46. The molecule has 5 heteroatoms. The van der Waals surface area contributed by atoms with E-state index in [0.717, 1.165) is 4.47 Å². The molecule has 0 bridgehead atoms. The highest BCUT2D eigenvalue weighted by Crippen LogP contribution is 2.29. The number of halogens is 2. The molecule has 0 aliphatic carbocycles. The van der Waals surface area contributed by atoms with Crippen LogP contribution in [-0.4, -0.2) is 20.0 Å². The summed E-state index contributed by atoms with van der Waals surface area (Å²) in [7, 11) is 3.07. The van der Waals surface area contributed by atoms with E-state index in [-0.39, 0.29) is 5.78 Å². The van der Waals surface area contributed by atoms with Gasteiger partial charge >= 0.3 is 0 Å². The summed E-state index contributed by atoms with van der Waals surface area (Å²) in [4.78, 5) is 12.5. The van der Waals surface area contributed by atoms with Crippen molar-refractivity contribution in [1.82, 2.24) is 0 Å². The number of carbonyl (C=O) groups excluding carboxylic acids is 1. The zero-order valence-electron chi connectivity index (χ0n) is 10.9.